The SMILES string of the molecule is CCOc1cc(C2c3c(oc4ccc(Cl)cc4c3=O)C(=O)N2C2CCS(=O)(=O)C2)ccc1OCc1ccccc1. The van der Waals surface area contributed by atoms with Crippen LogP contribution >= 0.6 is 11.6 Å². The van der Waals surface area contributed by atoms with Crippen molar-refractivity contribution in [3.05, 3.63) is 104 Å². The Morgan fingerprint density at radius 3 is 2.52 bits per heavy atom. The van der Waals surface area contributed by atoms with Crippen LogP contribution in [0.2, 0.25) is 5.02 Å². The Hall–Kier alpha value is -3.82. The van der Waals surface area contributed by atoms with Gasteiger partial charge in [0.05, 0.1) is 35.1 Å². The monoisotopic (exact) mass is 579 g/mol. The molecule has 1 fully saturated rings. The van der Waals surface area contributed by atoms with Crippen LogP contribution in [0.5, 0.6) is 11.5 Å². The van der Waals surface area contributed by atoms with Crippen LogP contribution in [0.25, 0.3) is 11.0 Å². The number of ether oxygens (including phenoxy) is 2. The summed E-state index contributed by atoms with van der Waals surface area (Å²) in [6.07, 6.45) is 0.273. The molecule has 0 aliphatic carbocycles. The van der Waals surface area contributed by atoms with Crippen LogP contribution in [0.3, 0.4) is 0 Å². The van der Waals surface area contributed by atoms with Crippen molar-refractivity contribution in [2.75, 3.05) is 18.1 Å². The topological polar surface area (TPSA) is 103 Å². The molecule has 8 nitrogen and oxygen atoms in total. The molecule has 2 atom stereocenters. The predicted octanol–water partition coefficient (Wildman–Crippen LogP) is 5.16. The summed E-state index contributed by atoms with van der Waals surface area (Å²) in [5, 5.41) is 0.607. The van der Waals surface area contributed by atoms with E-state index in [0.717, 1.165) is 5.56 Å². The molecule has 0 bridgehead atoms. The van der Waals surface area contributed by atoms with E-state index >= 15 is 0 Å². The Bertz CT molecular complexity index is 1790. The number of amides is 1. The lowest BCUT2D eigenvalue weighted by Gasteiger charge is -2.30. The largest absolute Gasteiger partial charge is 0.490 e. The summed E-state index contributed by atoms with van der Waals surface area (Å²) >= 11 is 6.18. The maximum Gasteiger partial charge on any atom is 0.291 e. The lowest BCUT2D eigenvalue weighted by molar-refractivity contribution is 0.0662. The van der Waals surface area contributed by atoms with Crippen LogP contribution in [0.4, 0.5) is 0 Å². The lowest BCUT2D eigenvalue weighted by atomic mass is 9.97. The molecule has 4 aromatic rings. The summed E-state index contributed by atoms with van der Waals surface area (Å²) in [6.45, 7) is 2.54. The second kappa shape index (κ2) is 10.3. The number of nitrogens with zero attached hydrogens (tertiary/aromatic N) is 1. The van der Waals surface area contributed by atoms with Crippen LogP contribution < -0.4 is 14.9 Å². The summed E-state index contributed by atoms with van der Waals surface area (Å²) in [5.74, 6) is 0.143. The van der Waals surface area contributed by atoms with E-state index in [9.17, 15) is 18.0 Å². The minimum Gasteiger partial charge on any atom is -0.490 e. The van der Waals surface area contributed by atoms with Gasteiger partial charge in [-0.2, -0.15) is 0 Å². The molecule has 0 saturated carbocycles. The van der Waals surface area contributed by atoms with E-state index in [4.69, 9.17) is 25.5 Å². The normalized spacial score (nSPS) is 19.6. The summed E-state index contributed by atoms with van der Waals surface area (Å²) in [4.78, 5) is 29.1. The van der Waals surface area contributed by atoms with Gasteiger partial charge in [-0.15, -0.1) is 0 Å². The van der Waals surface area contributed by atoms with E-state index < -0.39 is 27.8 Å². The highest BCUT2D eigenvalue weighted by Crippen LogP contribution is 2.43. The minimum atomic E-state index is -3.32. The number of sulfone groups is 1. The predicted molar refractivity (Wildman–Crippen MR) is 151 cm³/mol. The number of fused-ring (bicyclic) bond motifs is 2. The van der Waals surface area contributed by atoms with Gasteiger partial charge >= 0.3 is 0 Å². The summed E-state index contributed by atoms with van der Waals surface area (Å²) in [5.41, 5.74) is 1.58. The Kier molecular flexibility index (Phi) is 6.80. The van der Waals surface area contributed by atoms with Crippen LogP contribution in [0.15, 0.2) is 75.9 Å². The highest BCUT2D eigenvalue weighted by Gasteiger charge is 2.48. The lowest BCUT2D eigenvalue weighted by Crippen LogP contribution is -2.40. The number of rotatable bonds is 7. The molecule has 40 heavy (non-hydrogen) atoms. The van der Waals surface area contributed by atoms with Gasteiger partial charge in [0.25, 0.3) is 5.91 Å². The van der Waals surface area contributed by atoms with Gasteiger partial charge in [0.2, 0.25) is 5.76 Å². The van der Waals surface area contributed by atoms with Crippen molar-refractivity contribution in [2.45, 2.75) is 32.0 Å². The summed E-state index contributed by atoms with van der Waals surface area (Å²) < 4.78 is 42.8. The third-order valence-electron chi connectivity index (χ3n) is 7.29. The van der Waals surface area contributed by atoms with Crippen LogP contribution in [0.1, 0.15) is 46.6 Å². The fraction of sp³-hybridized carbons (Fsp3) is 0.267. The molecule has 6 rings (SSSR count). The van der Waals surface area contributed by atoms with Gasteiger partial charge in [0.1, 0.15) is 12.2 Å². The van der Waals surface area contributed by atoms with Crippen molar-refractivity contribution in [1.29, 1.82) is 0 Å². The van der Waals surface area contributed by atoms with Crippen molar-refractivity contribution in [3.8, 4) is 11.5 Å². The number of carbonyl (C=O) groups is 1. The highest BCUT2D eigenvalue weighted by atomic mass is 35.5. The maximum absolute atomic E-state index is 13.9. The van der Waals surface area contributed by atoms with Crippen molar-refractivity contribution < 1.29 is 27.1 Å². The number of benzene rings is 3. The molecule has 1 aromatic heterocycles. The van der Waals surface area contributed by atoms with Gasteiger partial charge in [-0.1, -0.05) is 48.0 Å². The molecule has 3 aromatic carbocycles. The van der Waals surface area contributed by atoms with Crippen molar-refractivity contribution in [1.82, 2.24) is 4.90 Å². The van der Waals surface area contributed by atoms with Gasteiger partial charge in [-0.3, -0.25) is 9.59 Å². The standard InChI is InChI=1S/C30H26ClNO7S/c1-2-37-25-14-19(8-10-24(25)38-16-18-6-4-3-5-7-18)27-26-28(33)22-15-20(31)9-11-23(22)39-29(26)30(34)32(27)21-12-13-40(35,36)17-21/h3-11,14-15,21,27H,2,12-13,16-17H2,1H3. The molecule has 0 radical (unpaired) electrons. The fourth-order valence-electron chi connectivity index (χ4n) is 5.48. The van der Waals surface area contributed by atoms with Crippen molar-refractivity contribution in [2.24, 2.45) is 0 Å². The molecular formula is C30H26ClNO7S. The van der Waals surface area contributed by atoms with Gasteiger partial charge < -0.3 is 18.8 Å². The van der Waals surface area contributed by atoms with Crippen LogP contribution in [0, 0.1) is 0 Å². The first kappa shape index (κ1) is 26.4. The molecule has 0 N–H and O–H groups in total. The molecule has 1 amide bonds. The molecule has 0 spiro atoms. The first-order chi connectivity index (χ1) is 19.3. The van der Waals surface area contributed by atoms with Crippen LogP contribution in [-0.2, 0) is 16.4 Å². The number of hydrogen-bond acceptors (Lipinski definition) is 7. The molecule has 2 aliphatic rings. The molecule has 10 heteroatoms. The fourth-order valence-corrected chi connectivity index (χ4v) is 7.36. The van der Waals surface area contributed by atoms with Gasteiger partial charge in [0.15, 0.2) is 26.8 Å². The quantitative estimate of drug-likeness (QED) is 0.298. The zero-order valence-electron chi connectivity index (χ0n) is 21.6. The molecule has 206 valence electrons. The smallest absolute Gasteiger partial charge is 0.291 e. The molecule has 2 unspecified atom stereocenters. The van der Waals surface area contributed by atoms with Crippen molar-refractivity contribution in [3.63, 3.8) is 0 Å². The Balaban J connectivity index is 1.48. The third kappa shape index (κ3) is 4.73. The zero-order chi connectivity index (χ0) is 28.0. The minimum absolute atomic E-state index is 0.0278. The van der Waals surface area contributed by atoms with E-state index in [1.807, 2.05) is 37.3 Å². The van der Waals surface area contributed by atoms with E-state index in [1.165, 1.54) is 11.0 Å². The number of carbonyl (C=O) groups excluding carboxylic acids is 1. The number of hydrogen-bond donors (Lipinski definition) is 0. The van der Waals surface area contributed by atoms with E-state index in [0.29, 0.717) is 35.3 Å². The van der Waals surface area contributed by atoms with E-state index in [2.05, 4.69) is 0 Å². The van der Waals surface area contributed by atoms with Crippen molar-refractivity contribution >= 4 is 38.3 Å². The molecule has 1 saturated heterocycles. The summed E-state index contributed by atoms with van der Waals surface area (Å²) in [7, 11) is -3.32. The Morgan fingerprint density at radius 1 is 1.00 bits per heavy atom. The first-order valence-corrected chi connectivity index (χ1v) is 15.2. The molecular weight excluding hydrogens is 554 g/mol. The average Bonchev–Trinajstić information content (AvgIpc) is 3.45. The first-order valence-electron chi connectivity index (χ1n) is 13.0. The average molecular weight is 580 g/mol. The maximum atomic E-state index is 13.9. The Labute approximate surface area is 236 Å². The number of halogens is 1. The zero-order valence-corrected chi connectivity index (χ0v) is 23.2. The van der Waals surface area contributed by atoms with Gasteiger partial charge in [0, 0.05) is 11.1 Å². The van der Waals surface area contributed by atoms with Crippen LogP contribution in [-0.4, -0.2) is 43.4 Å². The highest BCUT2D eigenvalue weighted by molar-refractivity contribution is 7.91. The third-order valence-corrected chi connectivity index (χ3v) is 9.28. The Morgan fingerprint density at radius 2 is 1.80 bits per heavy atom. The van der Waals surface area contributed by atoms with Gasteiger partial charge in [-0.05, 0) is 54.8 Å². The summed E-state index contributed by atoms with van der Waals surface area (Å²) in [6, 6.07) is 18.1. The van der Waals surface area contributed by atoms with E-state index in [-0.39, 0.29) is 45.6 Å². The van der Waals surface area contributed by atoms with E-state index in [1.54, 1.807) is 30.3 Å². The second-order valence-corrected chi connectivity index (χ2v) is 12.6. The second-order valence-electron chi connectivity index (χ2n) is 9.90. The molecule has 2 aliphatic heterocycles. The van der Waals surface area contributed by atoms with Gasteiger partial charge in [-0.25, -0.2) is 8.42 Å². The molecule has 3 heterocycles.